The summed E-state index contributed by atoms with van der Waals surface area (Å²) in [6.45, 7) is 6.39. The largest absolute Gasteiger partial charge is 0.372 e. The van der Waals surface area contributed by atoms with Crippen LogP contribution in [0.1, 0.15) is 52.4 Å². The molecule has 27 heavy (non-hydrogen) atoms. The van der Waals surface area contributed by atoms with Crippen LogP contribution in [0.2, 0.25) is 0 Å². The number of nitrogens with zero attached hydrogens (tertiary/aromatic N) is 3. The third kappa shape index (κ3) is 4.99. The van der Waals surface area contributed by atoms with E-state index < -0.39 is 0 Å². The highest BCUT2D eigenvalue weighted by atomic mass is 16.5. The Labute approximate surface area is 162 Å². The van der Waals surface area contributed by atoms with Gasteiger partial charge in [0.25, 0.3) is 0 Å². The highest BCUT2D eigenvalue weighted by Crippen LogP contribution is 2.27. The average molecular weight is 377 g/mol. The van der Waals surface area contributed by atoms with Crippen LogP contribution in [-0.2, 0) is 14.3 Å². The molecule has 0 spiro atoms. The molecule has 1 aliphatic carbocycles. The number of carbonyl (C=O) groups is 2. The molecule has 3 atom stereocenters. The van der Waals surface area contributed by atoms with E-state index in [1.165, 1.54) is 0 Å². The summed E-state index contributed by atoms with van der Waals surface area (Å²) in [7, 11) is 0. The van der Waals surface area contributed by atoms with Crippen LogP contribution >= 0.6 is 0 Å². The summed E-state index contributed by atoms with van der Waals surface area (Å²) < 4.78 is 5.72. The van der Waals surface area contributed by atoms with E-state index in [-0.39, 0.29) is 42.0 Å². The number of rotatable bonds is 4. The first-order valence-electron chi connectivity index (χ1n) is 10.3. The number of nitrogens with one attached hydrogen (secondary N) is 1. The van der Waals surface area contributed by atoms with E-state index >= 15 is 0 Å². The molecule has 0 radical (unpaired) electrons. The van der Waals surface area contributed by atoms with Gasteiger partial charge in [-0.1, -0.05) is 0 Å². The number of hydrogen-bond donors (Lipinski definition) is 1. The van der Waals surface area contributed by atoms with Crippen LogP contribution in [0.4, 0.5) is 0 Å². The van der Waals surface area contributed by atoms with Gasteiger partial charge in [-0.05, 0) is 52.4 Å². The van der Waals surface area contributed by atoms with Crippen molar-refractivity contribution in [2.75, 3.05) is 26.2 Å². The van der Waals surface area contributed by atoms with Crippen molar-refractivity contribution in [1.29, 1.82) is 5.26 Å². The van der Waals surface area contributed by atoms with Crippen LogP contribution in [0.5, 0.6) is 0 Å². The van der Waals surface area contributed by atoms with E-state index in [1.54, 1.807) is 4.90 Å². The van der Waals surface area contributed by atoms with Crippen LogP contribution in [0.25, 0.3) is 0 Å². The molecule has 3 aliphatic rings. The normalized spacial score (nSPS) is 34.3. The van der Waals surface area contributed by atoms with Crippen LogP contribution in [0.3, 0.4) is 0 Å². The lowest BCUT2D eigenvalue weighted by molar-refractivity contribution is -0.148. The molecule has 7 heteroatoms. The minimum atomic E-state index is -0.258. The lowest BCUT2D eigenvalue weighted by Crippen LogP contribution is -2.51. The van der Waals surface area contributed by atoms with Crippen LogP contribution in [0, 0.1) is 17.2 Å². The van der Waals surface area contributed by atoms with Gasteiger partial charge in [0.1, 0.15) is 6.04 Å². The van der Waals surface area contributed by atoms with Crippen molar-refractivity contribution in [2.45, 2.75) is 76.7 Å². The number of likely N-dealkylation sites (tertiary alicyclic amines) is 1. The molecule has 0 unspecified atom stereocenters. The molecule has 3 fully saturated rings. The molecule has 0 aromatic rings. The van der Waals surface area contributed by atoms with Crippen molar-refractivity contribution < 1.29 is 14.3 Å². The summed E-state index contributed by atoms with van der Waals surface area (Å²) in [5, 5.41) is 12.5. The second-order valence-corrected chi connectivity index (χ2v) is 8.30. The van der Waals surface area contributed by atoms with Crippen molar-refractivity contribution in [3.63, 3.8) is 0 Å². The van der Waals surface area contributed by atoms with E-state index in [0.29, 0.717) is 26.2 Å². The van der Waals surface area contributed by atoms with Crippen molar-refractivity contribution in [2.24, 2.45) is 5.92 Å². The zero-order chi connectivity index (χ0) is 19.4. The van der Waals surface area contributed by atoms with E-state index in [4.69, 9.17) is 10.00 Å². The summed E-state index contributed by atoms with van der Waals surface area (Å²) in [4.78, 5) is 28.8. The number of morpholine rings is 1. The Morgan fingerprint density at radius 1 is 1.11 bits per heavy atom. The SMILES string of the molecule is C[C@H]1CN(C(=O)C2CCC(NCC(=O)N3CCC[C@H]3C#N)CC2)C[C@H](C)O1. The third-order valence-electron chi connectivity index (χ3n) is 6.07. The van der Waals surface area contributed by atoms with Crippen molar-refractivity contribution in [1.82, 2.24) is 15.1 Å². The molecule has 150 valence electrons. The van der Waals surface area contributed by atoms with Crippen molar-refractivity contribution in [3.8, 4) is 6.07 Å². The van der Waals surface area contributed by atoms with Gasteiger partial charge in [0.05, 0.1) is 24.8 Å². The van der Waals surface area contributed by atoms with Crippen molar-refractivity contribution in [3.05, 3.63) is 0 Å². The topological polar surface area (TPSA) is 85.7 Å². The van der Waals surface area contributed by atoms with Crippen LogP contribution < -0.4 is 5.32 Å². The second kappa shape index (κ2) is 9.03. The Hall–Kier alpha value is -1.65. The van der Waals surface area contributed by atoms with Crippen molar-refractivity contribution >= 4 is 11.8 Å². The third-order valence-corrected chi connectivity index (χ3v) is 6.07. The Morgan fingerprint density at radius 3 is 2.41 bits per heavy atom. The van der Waals surface area contributed by atoms with Gasteiger partial charge in [0.2, 0.25) is 11.8 Å². The quantitative estimate of drug-likeness (QED) is 0.799. The molecule has 0 aromatic carbocycles. The second-order valence-electron chi connectivity index (χ2n) is 8.30. The first kappa shape index (κ1) is 20.1. The van der Waals surface area contributed by atoms with Gasteiger partial charge in [-0.15, -0.1) is 0 Å². The van der Waals surface area contributed by atoms with Gasteiger partial charge in [-0.25, -0.2) is 0 Å². The van der Waals surface area contributed by atoms with Gasteiger partial charge in [-0.3, -0.25) is 9.59 Å². The molecule has 2 heterocycles. The molecule has 2 amide bonds. The standard InChI is InChI=1S/C20H32N4O3/c1-14-12-23(13-15(2)27-14)20(26)16-5-7-17(8-6-16)22-11-19(25)24-9-3-4-18(24)10-21/h14-18,22H,3-9,11-13H2,1-2H3/t14-,15-,16?,17?,18-/m0/s1. The molecular formula is C20H32N4O3. The van der Waals surface area contributed by atoms with E-state index in [0.717, 1.165) is 38.5 Å². The number of amides is 2. The predicted molar refractivity (Wildman–Crippen MR) is 101 cm³/mol. The maximum atomic E-state index is 12.8. The Morgan fingerprint density at radius 2 is 1.78 bits per heavy atom. The summed E-state index contributed by atoms with van der Waals surface area (Å²) in [5.41, 5.74) is 0. The van der Waals surface area contributed by atoms with Gasteiger partial charge in [0, 0.05) is 31.6 Å². The zero-order valence-corrected chi connectivity index (χ0v) is 16.5. The predicted octanol–water partition coefficient (Wildman–Crippen LogP) is 1.29. The van der Waals surface area contributed by atoms with Crippen LogP contribution in [-0.4, -0.2) is 72.1 Å². The summed E-state index contributed by atoms with van der Waals surface area (Å²) in [6, 6.07) is 2.24. The summed E-state index contributed by atoms with van der Waals surface area (Å²) >= 11 is 0. The Kier molecular flexibility index (Phi) is 6.72. The number of nitriles is 1. The number of carbonyl (C=O) groups excluding carboxylic acids is 2. The minimum absolute atomic E-state index is 0.0218. The average Bonchev–Trinajstić information content (AvgIpc) is 3.14. The Bertz CT molecular complexity index is 572. The Balaban J connectivity index is 1.40. The van der Waals surface area contributed by atoms with Gasteiger partial charge < -0.3 is 19.9 Å². The summed E-state index contributed by atoms with van der Waals surface area (Å²) in [6.07, 6.45) is 5.48. The smallest absolute Gasteiger partial charge is 0.237 e. The molecule has 0 bridgehead atoms. The van der Waals surface area contributed by atoms with E-state index in [9.17, 15) is 9.59 Å². The lowest BCUT2D eigenvalue weighted by Gasteiger charge is -2.38. The molecule has 1 N–H and O–H groups in total. The molecule has 2 aliphatic heterocycles. The number of hydrogen-bond acceptors (Lipinski definition) is 5. The first-order valence-corrected chi connectivity index (χ1v) is 10.3. The molecule has 7 nitrogen and oxygen atoms in total. The maximum Gasteiger partial charge on any atom is 0.237 e. The highest BCUT2D eigenvalue weighted by molar-refractivity contribution is 5.80. The highest BCUT2D eigenvalue weighted by Gasteiger charge is 2.34. The van der Waals surface area contributed by atoms with E-state index in [2.05, 4.69) is 11.4 Å². The zero-order valence-electron chi connectivity index (χ0n) is 16.5. The first-order chi connectivity index (χ1) is 13.0. The summed E-state index contributed by atoms with van der Waals surface area (Å²) in [5.74, 6) is 0.381. The van der Waals surface area contributed by atoms with Gasteiger partial charge in [-0.2, -0.15) is 5.26 Å². The number of ether oxygens (including phenoxy) is 1. The minimum Gasteiger partial charge on any atom is -0.372 e. The monoisotopic (exact) mass is 376 g/mol. The fourth-order valence-electron chi connectivity index (χ4n) is 4.69. The lowest BCUT2D eigenvalue weighted by atomic mass is 9.85. The van der Waals surface area contributed by atoms with Gasteiger partial charge in [0.15, 0.2) is 0 Å². The van der Waals surface area contributed by atoms with Gasteiger partial charge >= 0.3 is 0 Å². The molecule has 3 rings (SSSR count). The molecule has 1 saturated carbocycles. The van der Waals surface area contributed by atoms with E-state index in [1.807, 2.05) is 18.7 Å². The van der Waals surface area contributed by atoms with Crippen LogP contribution in [0.15, 0.2) is 0 Å². The fraction of sp³-hybridized carbons (Fsp3) is 0.850. The molecular weight excluding hydrogens is 344 g/mol. The fourth-order valence-corrected chi connectivity index (χ4v) is 4.69. The maximum absolute atomic E-state index is 12.8. The molecule has 0 aromatic heterocycles. The molecule has 2 saturated heterocycles.